The zero-order chi connectivity index (χ0) is 22.8. The molecule has 0 aliphatic heterocycles. The molecule has 4 N–H and O–H groups in total. The summed E-state index contributed by atoms with van der Waals surface area (Å²) < 4.78 is 67.9. The molecule has 1 aliphatic carbocycles. The lowest BCUT2D eigenvalue weighted by molar-refractivity contribution is -0.289. The third-order valence-electron chi connectivity index (χ3n) is 5.78. The van der Waals surface area contributed by atoms with E-state index in [-0.39, 0.29) is 16.4 Å². The molecule has 0 radical (unpaired) electrons. The predicted octanol–water partition coefficient (Wildman–Crippen LogP) is 3.41. The van der Waals surface area contributed by atoms with Crippen LogP contribution in [0.15, 0.2) is 41.3 Å². The van der Waals surface area contributed by atoms with E-state index in [4.69, 9.17) is 5.73 Å². The highest BCUT2D eigenvalue weighted by atomic mass is 32.2. The van der Waals surface area contributed by atoms with Crippen molar-refractivity contribution in [3.63, 3.8) is 0 Å². The van der Waals surface area contributed by atoms with E-state index in [1.807, 2.05) is 0 Å². The van der Waals surface area contributed by atoms with E-state index >= 15 is 0 Å². The Bertz CT molecular complexity index is 1260. The molecule has 1 fully saturated rings. The number of sulfonamides is 1. The van der Waals surface area contributed by atoms with Crippen LogP contribution < -0.4 is 10.0 Å². The normalized spacial score (nSPS) is 21.8. The van der Waals surface area contributed by atoms with E-state index < -0.39 is 40.7 Å². The zero-order valence-corrected chi connectivity index (χ0v) is 17.5. The fraction of sp³-hybridized carbons (Fsp3) is 0.350. The van der Waals surface area contributed by atoms with E-state index in [1.165, 1.54) is 18.2 Å². The largest absolute Gasteiger partial charge is 0.417 e. The Morgan fingerprint density at radius 1 is 1.23 bits per heavy atom. The average molecular weight is 454 g/mol. The first-order valence-corrected chi connectivity index (χ1v) is 10.9. The fourth-order valence-electron chi connectivity index (χ4n) is 4.07. The van der Waals surface area contributed by atoms with Crippen LogP contribution in [0.25, 0.3) is 10.9 Å². The van der Waals surface area contributed by atoms with Crippen LogP contribution in [0.4, 0.5) is 24.7 Å². The van der Waals surface area contributed by atoms with Gasteiger partial charge in [-0.3, -0.25) is 9.40 Å². The molecule has 3 aromatic rings. The van der Waals surface area contributed by atoms with Crippen molar-refractivity contribution in [1.82, 2.24) is 10.2 Å². The number of benzene rings is 2. The highest BCUT2D eigenvalue weighted by Crippen LogP contribution is 2.50. The first-order chi connectivity index (χ1) is 14.3. The zero-order valence-electron chi connectivity index (χ0n) is 16.7. The molecule has 31 heavy (non-hydrogen) atoms. The van der Waals surface area contributed by atoms with Gasteiger partial charge in [-0.05, 0) is 49.2 Å². The number of nitrogens with two attached hydrogens (primary N) is 1. The minimum Gasteiger partial charge on any atom is -0.382 e. The monoisotopic (exact) mass is 454 g/mol. The Morgan fingerprint density at radius 3 is 2.52 bits per heavy atom. The maximum atomic E-state index is 13.6. The number of hydrogen-bond donors (Lipinski definition) is 3. The SMILES string of the molecule is Cc1cccc(S(=O)(=O)N(c2ccc3[nH]nc(N)c3c2C)C2CC(O)(C(F)(F)F)C2)c1. The van der Waals surface area contributed by atoms with Crippen LogP contribution in [0.5, 0.6) is 0 Å². The van der Waals surface area contributed by atoms with Gasteiger partial charge in [0.1, 0.15) is 0 Å². The standard InChI is InChI=1S/C20H21F3N4O3S/c1-11-4-3-5-14(8-11)31(29,30)27(13-9-19(28,10-13)20(21,22)23)16-7-6-15-17(12(16)2)18(24)26-25-15/h3-8,13,28H,9-10H2,1-2H3,(H3,24,25,26). The molecule has 1 aromatic heterocycles. The second-order valence-corrected chi connectivity index (χ2v) is 9.76. The van der Waals surface area contributed by atoms with Gasteiger partial charge in [0.05, 0.1) is 22.1 Å². The average Bonchev–Trinajstić information content (AvgIpc) is 3.03. The Balaban J connectivity index is 1.87. The van der Waals surface area contributed by atoms with Gasteiger partial charge in [0.15, 0.2) is 11.4 Å². The summed E-state index contributed by atoms with van der Waals surface area (Å²) in [4.78, 5) is -0.0467. The van der Waals surface area contributed by atoms with E-state index in [2.05, 4.69) is 10.2 Å². The van der Waals surface area contributed by atoms with Crippen LogP contribution in [0, 0.1) is 13.8 Å². The van der Waals surface area contributed by atoms with Gasteiger partial charge in [-0.15, -0.1) is 0 Å². The van der Waals surface area contributed by atoms with Crippen molar-refractivity contribution in [2.45, 2.75) is 49.4 Å². The minimum atomic E-state index is -4.85. The van der Waals surface area contributed by atoms with Gasteiger partial charge in [0, 0.05) is 18.2 Å². The number of anilines is 2. The van der Waals surface area contributed by atoms with Gasteiger partial charge < -0.3 is 10.8 Å². The van der Waals surface area contributed by atoms with Gasteiger partial charge in [0.2, 0.25) is 0 Å². The molecule has 0 amide bonds. The number of nitrogen functional groups attached to an aromatic ring is 1. The van der Waals surface area contributed by atoms with Crippen molar-refractivity contribution >= 4 is 32.4 Å². The van der Waals surface area contributed by atoms with Crippen LogP contribution in [-0.2, 0) is 10.0 Å². The molecule has 1 aliphatic rings. The van der Waals surface area contributed by atoms with Crippen LogP contribution in [-0.4, -0.2) is 41.5 Å². The summed E-state index contributed by atoms with van der Waals surface area (Å²) in [6.45, 7) is 3.36. The molecule has 11 heteroatoms. The lowest BCUT2D eigenvalue weighted by Crippen LogP contribution is -2.63. The number of hydrogen-bond acceptors (Lipinski definition) is 5. The van der Waals surface area contributed by atoms with Crippen molar-refractivity contribution in [3.05, 3.63) is 47.5 Å². The Morgan fingerprint density at radius 2 is 1.90 bits per heavy atom. The summed E-state index contributed by atoms with van der Waals surface area (Å²) in [5, 5.41) is 17.1. The van der Waals surface area contributed by atoms with Crippen molar-refractivity contribution in [2.75, 3.05) is 10.0 Å². The van der Waals surface area contributed by atoms with Crippen LogP contribution >= 0.6 is 0 Å². The summed E-state index contributed by atoms with van der Waals surface area (Å²) >= 11 is 0. The molecule has 2 aromatic carbocycles. The second kappa shape index (κ2) is 6.86. The summed E-state index contributed by atoms with van der Waals surface area (Å²) in [5.41, 5.74) is 4.90. The number of H-pyrrole nitrogens is 1. The first-order valence-electron chi connectivity index (χ1n) is 9.48. The van der Waals surface area contributed by atoms with E-state index in [1.54, 1.807) is 32.0 Å². The number of aromatic nitrogens is 2. The number of aryl methyl sites for hydroxylation is 2. The van der Waals surface area contributed by atoms with Crippen molar-refractivity contribution in [2.24, 2.45) is 0 Å². The maximum Gasteiger partial charge on any atom is 0.417 e. The first kappa shape index (κ1) is 21.4. The van der Waals surface area contributed by atoms with Gasteiger partial charge in [-0.25, -0.2) is 8.42 Å². The molecule has 7 nitrogen and oxygen atoms in total. The highest BCUT2D eigenvalue weighted by Gasteiger charge is 2.63. The maximum absolute atomic E-state index is 13.6. The highest BCUT2D eigenvalue weighted by molar-refractivity contribution is 7.92. The lowest BCUT2D eigenvalue weighted by atomic mass is 9.75. The van der Waals surface area contributed by atoms with E-state index in [0.29, 0.717) is 22.0 Å². The summed E-state index contributed by atoms with van der Waals surface area (Å²) in [6.07, 6.45) is -6.38. The van der Waals surface area contributed by atoms with Gasteiger partial charge >= 0.3 is 6.18 Å². The molecule has 4 rings (SSSR count). The van der Waals surface area contributed by atoms with Crippen molar-refractivity contribution in [1.29, 1.82) is 0 Å². The topological polar surface area (TPSA) is 112 Å². The Kier molecular flexibility index (Phi) is 4.74. The quantitative estimate of drug-likeness (QED) is 0.559. The number of rotatable bonds is 4. The Hall–Kier alpha value is -2.79. The van der Waals surface area contributed by atoms with Crippen molar-refractivity contribution < 1.29 is 26.7 Å². The molecule has 1 saturated carbocycles. The summed E-state index contributed by atoms with van der Waals surface area (Å²) in [6, 6.07) is 8.14. The van der Waals surface area contributed by atoms with Crippen LogP contribution in [0.2, 0.25) is 0 Å². The molecular formula is C20H21F3N4O3S. The van der Waals surface area contributed by atoms with Crippen molar-refractivity contribution in [3.8, 4) is 0 Å². The molecule has 166 valence electrons. The Labute approximate surface area is 176 Å². The second-order valence-electron chi connectivity index (χ2n) is 7.95. The molecular weight excluding hydrogens is 433 g/mol. The fourth-order valence-corrected chi connectivity index (χ4v) is 5.88. The number of halogens is 3. The minimum absolute atomic E-state index is 0.0467. The number of fused-ring (bicyclic) bond motifs is 1. The molecule has 0 saturated heterocycles. The predicted molar refractivity (Wildman–Crippen MR) is 110 cm³/mol. The van der Waals surface area contributed by atoms with Crippen LogP contribution in [0.1, 0.15) is 24.0 Å². The molecule has 0 spiro atoms. The molecule has 0 atom stereocenters. The van der Waals surface area contributed by atoms with Gasteiger partial charge in [-0.1, -0.05) is 12.1 Å². The third kappa shape index (κ3) is 3.32. The van der Waals surface area contributed by atoms with E-state index in [9.17, 15) is 26.7 Å². The number of alkyl halides is 3. The molecule has 1 heterocycles. The number of nitrogens with one attached hydrogen (secondary N) is 1. The van der Waals surface area contributed by atoms with Crippen LogP contribution in [0.3, 0.4) is 0 Å². The van der Waals surface area contributed by atoms with Gasteiger partial charge in [0.25, 0.3) is 10.0 Å². The number of aromatic amines is 1. The summed E-state index contributed by atoms with van der Waals surface area (Å²) in [7, 11) is -4.24. The third-order valence-corrected chi connectivity index (χ3v) is 7.64. The van der Waals surface area contributed by atoms with E-state index in [0.717, 1.165) is 4.31 Å². The number of nitrogens with zero attached hydrogens (tertiary/aromatic N) is 2. The number of aliphatic hydroxyl groups is 1. The molecule has 0 unspecified atom stereocenters. The van der Waals surface area contributed by atoms with Gasteiger partial charge in [-0.2, -0.15) is 18.3 Å². The molecule has 0 bridgehead atoms. The lowest BCUT2D eigenvalue weighted by Gasteiger charge is -2.49. The smallest absolute Gasteiger partial charge is 0.382 e. The summed E-state index contributed by atoms with van der Waals surface area (Å²) in [5.74, 6) is 0.155.